The lowest BCUT2D eigenvalue weighted by Crippen LogP contribution is -2.64. The number of benzene rings is 4. The first-order valence-corrected chi connectivity index (χ1v) is 34.0. The van der Waals surface area contributed by atoms with Crippen LogP contribution in [0, 0.1) is 23.2 Å². The van der Waals surface area contributed by atoms with Crippen molar-refractivity contribution in [2.45, 2.75) is 115 Å². The number of aromatic carboxylic acids is 1. The smallest absolute Gasteiger partial charge is 0.410 e. The van der Waals surface area contributed by atoms with Crippen LogP contribution in [0.5, 0.6) is 11.5 Å². The van der Waals surface area contributed by atoms with Gasteiger partial charge < -0.3 is 74.6 Å². The molecule has 4 saturated carbocycles. The van der Waals surface area contributed by atoms with Gasteiger partial charge in [-0.25, -0.2) is 24.4 Å². The number of methoxy groups -OCH3 is 1. The zero-order valence-electron chi connectivity index (χ0n) is 53.8. The molecule has 0 spiro atoms. The van der Waals surface area contributed by atoms with Crippen LogP contribution in [0.4, 0.5) is 9.93 Å². The van der Waals surface area contributed by atoms with Crippen LogP contribution >= 0.6 is 11.3 Å². The van der Waals surface area contributed by atoms with Gasteiger partial charge in [0.05, 0.1) is 59.9 Å². The van der Waals surface area contributed by atoms with E-state index in [2.05, 4.69) is 29.5 Å². The highest BCUT2D eigenvalue weighted by atomic mass is 32.2. The Morgan fingerprint density at radius 2 is 1.60 bits per heavy atom. The van der Waals surface area contributed by atoms with Crippen molar-refractivity contribution >= 4 is 77.4 Å². The fourth-order valence-electron chi connectivity index (χ4n) is 15.3. The van der Waals surface area contributed by atoms with Crippen LogP contribution < -0.4 is 25.8 Å². The van der Waals surface area contributed by atoms with E-state index in [0.29, 0.717) is 51.4 Å². The number of para-hydroxylation sites is 1. The second-order valence-electron chi connectivity index (χ2n) is 26.4. The molecular weight excluding hydrogens is 1300 g/mol. The Hall–Kier alpha value is -8.27. The molecule has 4 heterocycles. The van der Waals surface area contributed by atoms with Crippen molar-refractivity contribution in [1.29, 1.82) is 0 Å². The number of carbonyl (C=O) groups is 5. The molecule has 28 nitrogen and oxygen atoms in total. The number of nitrogens with zero attached hydrogens (tertiary/aromatic N) is 5. The molecule has 4 aliphatic carbocycles. The standard InChI is InChI=1S/C67H78N8O20S2/c1-38-46(43-16-17-48(71-52(43)59(81)82)40-13-12-39-8-7-9-44(45(39)26-40)57(79)73-62-72-49-10-5-6-11-51(49)96-62)28-70-75(38)37-66-32-64(2)31-65(3,33-66)35-67(34-64,36-66)93-23-20-74(19-22-89-4)63(85)92-29-41-14-15-42(91-25-24-90-21-18-69-58(80)47(68)30-97(86,87)88)27-50(41)94-61-55(78)53(76)54(77)56(95-61)60(83)84/h5-17,26-28,47,53-56,61,76-78H,18-25,29-37,68H2,1-4H3,(H,69,80)(H,81,82)(H,83,84)(H,72,73,79)(H,86,87,88)/t47?,53-,54-,55+,56-,61+,64?,65?,66?,67?/m0/s1. The number of carbonyl (C=O) groups excluding carboxylic acids is 3. The summed E-state index contributed by atoms with van der Waals surface area (Å²) in [6.07, 6.45) is -3.64. The van der Waals surface area contributed by atoms with Gasteiger partial charge >= 0.3 is 18.0 Å². The number of pyridine rings is 1. The highest BCUT2D eigenvalue weighted by Crippen LogP contribution is 2.72. The van der Waals surface area contributed by atoms with Gasteiger partial charge in [0.15, 0.2) is 16.9 Å². The van der Waals surface area contributed by atoms with E-state index in [1.165, 1.54) is 41.5 Å². The van der Waals surface area contributed by atoms with Gasteiger partial charge in [0.2, 0.25) is 12.2 Å². The average Bonchev–Trinajstić information content (AvgIpc) is 1.000. The molecule has 4 aromatic carbocycles. The topological polar surface area (TPSA) is 402 Å². The molecule has 3 aromatic heterocycles. The molecule has 10 N–H and O–H groups in total. The maximum atomic E-state index is 14.1. The van der Waals surface area contributed by atoms with Gasteiger partial charge in [-0.1, -0.05) is 61.6 Å². The fourth-order valence-corrected chi connectivity index (χ4v) is 16.8. The van der Waals surface area contributed by atoms with E-state index >= 15 is 0 Å². The first kappa shape index (κ1) is 70.1. The lowest BCUT2D eigenvalue weighted by molar-refractivity contribution is -0.271. The Balaban J connectivity index is 0.748. The van der Waals surface area contributed by atoms with Crippen molar-refractivity contribution in [3.63, 3.8) is 0 Å². The summed E-state index contributed by atoms with van der Waals surface area (Å²) in [7, 11) is -2.98. The molecule has 518 valence electrons. The van der Waals surface area contributed by atoms with E-state index in [1.807, 2.05) is 66.2 Å². The largest absolute Gasteiger partial charge is 0.491 e. The molecule has 12 rings (SSSR count). The minimum atomic E-state index is -4.48. The molecule has 7 aromatic rings. The molecular formula is C67H78N8O20S2. The fraction of sp³-hybridized carbons (Fsp3) is 0.463. The number of aliphatic carboxylic acids is 1. The van der Waals surface area contributed by atoms with E-state index in [9.17, 15) is 57.9 Å². The Morgan fingerprint density at radius 1 is 0.835 bits per heavy atom. The van der Waals surface area contributed by atoms with Crippen molar-refractivity contribution in [3.05, 3.63) is 120 Å². The summed E-state index contributed by atoms with van der Waals surface area (Å²) in [4.78, 5) is 75.9. The highest BCUT2D eigenvalue weighted by molar-refractivity contribution is 7.85. The van der Waals surface area contributed by atoms with Gasteiger partial charge in [-0.15, -0.1) is 0 Å². The lowest BCUT2D eigenvalue weighted by Gasteiger charge is -2.69. The lowest BCUT2D eigenvalue weighted by atomic mass is 9.39. The number of ether oxygens (including phenoxy) is 7. The molecule has 4 bridgehead atoms. The predicted octanol–water partition coefficient (Wildman–Crippen LogP) is 6.05. The number of carboxylic acids is 2. The number of nitrogens with two attached hydrogens (primary N) is 1. The Kier molecular flexibility index (Phi) is 20.7. The summed E-state index contributed by atoms with van der Waals surface area (Å²) in [5.41, 5.74) is 8.64. The molecule has 0 radical (unpaired) electrons. The summed E-state index contributed by atoms with van der Waals surface area (Å²) in [5, 5.41) is 64.5. The average molecular weight is 1380 g/mol. The number of thiazole rings is 1. The number of hydrogen-bond acceptors (Lipinski definition) is 22. The number of aromatic nitrogens is 4. The number of fused-ring (bicyclic) bond motifs is 2. The Morgan fingerprint density at radius 3 is 2.33 bits per heavy atom. The van der Waals surface area contributed by atoms with Crippen molar-refractivity contribution in [3.8, 4) is 33.9 Å². The van der Waals surface area contributed by atoms with E-state index in [0.717, 1.165) is 53.4 Å². The van der Waals surface area contributed by atoms with Crippen LogP contribution in [-0.4, -0.2) is 201 Å². The van der Waals surface area contributed by atoms with Gasteiger partial charge in [0, 0.05) is 72.9 Å². The van der Waals surface area contributed by atoms with E-state index in [1.54, 1.807) is 24.4 Å². The zero-order chi connectivity index (χ0) is 69.2. The van der Waals surface area contributed by atoms with E-state index in [4.69, 9.17) is 53.5 Å². The molecule has 30 heteroatoms. The van der Waals surface area contributed by atoms with Crippen molar-refractivity contribution in [1.82, 2.24) is 30.0 Å². The van der Waals surface area contributed by atoms with Crippen LogP contribution in [0.3, 0.4) is 0 Å². The van der Waals surface area contributed by atoms with Crippen molar-refractivity contribution in [2.24, 2.45) is 22.0 Å². The van der Waals surface area contributed by atoms with E-state index in [-0.39, 0.29) is 97.6 Å². The number of aliphatic hydroxyl groups is 3. The Labute approximate surface area is 561 Å². The normalized spacial score (nSPS) is 24.6. The molecule has 3 unspecified atom stereocenters. The summed E-state index contributed by atoms with van der Waals surface area (Å²) in [5.74, 6) is -4.92. The third-order valence-corrected chi connectivity index (χ3v) is 20.1. The molecule has 3 amide bonds. The van der Waals surface area contributed by atoms with Crippen LogP contribution in [0.1, 0.15) is 84.5 Å². The van der Waals surface area contributed by atoms with Gasteiger partial charge in [0.25, 0.3) is 16.0 Å². The molecule has 8 atom stereocenters. The quantitative estimate of drug-likeness (QED) is 0.0190. The predicted molar refractivity (Wildman–Crippen MR) is 351 cm³/mol. The number of anilines is 1. The summed E-state index contributed by atoms with van der Waals surface area (Å²) >= 11 is 1.38. The summed E-state index contributed by atoms with van der Waals surface area (Å²) < 4.78 is 75.0. The Bertz CT molecular complexity index is 4170. The van der Waals surface area contributed by atoms with Gasteiger partial charge in [0.1, 0.15) is 49.1 Å². The second-order valence-corrected chi connectivity index (χ2v) is 28.9. The minimum absolute atomic E-state index is 0.0182. The molecule has 97 heavy (non-hydrogen) atoms. The SMILES string of the molecule is COCCN(CCOC12CC3(C)CC(C)(CC(Cn4ncc(-c5ccc(-c6ccc7cccc(C(=O)Nc8nc9ccccc9s8)c7c6)nc5C(=O)O)c4C)(C3)C1)C2)C(=O)OCc1ccc(OCCOCCNC(=O)C(N)CS(=O)(=O)O)cc1O[C@@H]1O[C@H](C(=O)O)[C@@H](O)[C@H](O)[C@H]1O. The van der Waals surface area contributed by atoms with Gasteiger partial charge in [-0.2, -0.15) is 13.5 Å². The minimum Gasteiger partial charge on any atom is -0.491 e. The number of amides is 3. The number of nitrogens with one attached hydrogen (secondary N) is 2. The monoisotopic (exact) mass is 1380 g/mol. The van der Waals surface area contributed by atoms with Gasteiger partial charge in [-0.3, -0.25) is 24.1 Å². The second kappa shape index (κ2) is 28.7. The van der Waals surface area contributed by atoms with Gasteiger partial charge in [-0.05, 0) is 121 Å². The number of hydrogen-bond donors (Lipinski definition) is 9. The molecule has 5 aliphatic rings. The van der Waals surface area contributed by atoms with Crippen molar-refractivity contribution in [2.75, 3.05) is 70.8 Å². The zero-order valence-corrected chi connectivity index (χ0v) is 55.4. The van der Waals surface area contributed by atoms with Crippen LogP contribution in [0.25, 0.3) is 43.4 Å². The number of rotatable bonds is 29. The third kappa shape index (κ3) is 16.0. The maximum Gasteiger partial charge on any atom is 0.410 e. The molecule has 1 aliphatic heterocycles. The molecule has 5 fully saturated rings. The number of aliphatic hydroxyl groups excluding tert-OH is 3. The molecule has 1 saturated heterocycles. The van der Waals surface area contributed by atoms with E-state index < -0.39 is 88.8 Å². The highest BCUT2D eigenvalue weighted by Gasteiger charge is 2.66. The van der Waals surface area contributed by atoms with Crippen LogP contribution in [0.15, 0.2) is 97.2 Å². The van der Waals surface area contributed by atoms with Crippen LogP contribution in [-0.2, 0) is 56.5 Å². The summed E-state index contributed by atoms with van der Waals surface area (Å²) in [6, 6.07) is 25.1. The summed E-state index contributed by atoms with van der Waals surface area (Å²) in [6.45, 7) is 7.06. The third-order valence-electron chi connectivity index (χ3n) is 18.4. The van der Waals surface area contributed by atoms with Crippen molar-refractivity contribution < 1.29 is 95.6 Å². The number of carboxylic acid groups (broad SMARTS) is 2. The van der Waals surface area contributed by atoms with Crippen LogP contribution in [0.2, 0.25) is 0 Å². The maximum absolute atomic E-state index is 14.1. The first-order valence-electron chi connectivity index (χ1n) is 31.6. The first-order chi connectivity index (χ1) is 46.1.